The van der Waals surface area contributed by atoms with Gasteiger partial charge in [0.2, 0.25) is 7.28 Å². The van der Waals surface area contributed by atoms with Gasteiger partial charge in [-0.1, -0.05) is 32.0 Å². The third kappa shape index (κ3) is 5.60. The lowest BCUT2D eigenvalue weighted by Gasteiger charge is -2.28. The number of fused-ring (bicyclic) bond motifs is 1. The lowest BCUT2D eigenvalue weighted by atomic mass is 9.84. The van der Waals surface area contributed by atoms with Crippen LogP contribution >= 0.6 is 39.1 Å². The van der Waals surface area contributed by atoms with E-state index in [1.54, 1.807) is 43.1 Å². The van der Waals surface area contributed by atoms with Gasteiger partial charge in [-0.25, -0.2) is 0 Å². The van der Waals surface area contributed by atoms with Crippen LogP contribution in [0, 0.1) is 17.0 Å². The molecule has 13 heteroatoms. The van der Waals surface area contributed by atoms with E-state index in [1.165, 1.54) is 12.1 Å². The summed E-state index contributed by atoms with van der Waals surface area (Å²) in [6.07, 6.45) is 0. The van der Waals surface area contributed by atoms with Crippen molar-refractivity contribution in [1.29, 1.82) is 0 Å². The minimum Gasteiger partial charge on any atom is -0.456 e. The van der Waals surface area contributed by atoms with Crippen molar-refractivity contribution >= 4 is 66.0 Å². The lowest BCUT2D eigenvalue weighted by molar-refractivity contribution is -0.384. The van der Waals surface area contributed by atoms with Gasteiger partial charge in [0.1, 0.15) is 11.5 Å². The molecule has 218 valence electrons. The normalized spacial score (nSPS) is 16.6. The molecule has 0 N–H and O–H groups in total. The van der Waals surface area contributed by atoms with Gasteiger partial charge in [0.15, 0.2) is 5.50 Å². The molecule has 0 saturated heterocycles. The fourth-order valence-electron chi connectivity index (χ4n) is 4.85. The monoisotopic (exact) mass is 733 g/mol. The smallest absolute Gasteiger partial charge is 0.284 e. The molecule has 4 aromatic rings. The van der Waals surface area contributed by atoms with Crippen LogP contribution in [0.1, 0.15) is 25.2 Å². The Labute approximate surface area is 260 Å². The molecule has 9 nitrogen and oxygen atoms in total. The largest absolute Gasteiger partial charge is 0.456 e. The quantitative estimate of drug-likeness (QED) is 0.106. The highest BCUT2D eigenvalue weighted by Crippen LogP contribution is 2.58. The van der Waals surface area contributed by atoms with Crippen molar-refractivity contribution in [1.82, 2.24) is 0 Å². The van der Waals surface area contributed by atoms with Crippen molar-refractivity contribution in [3.8, 4) is 5.75 Å². The Bertz CT molecular complexity index is 1900. The first-order valence-electron chi connectivity index (χ1n) is 12.6. The third-order valence-corrected chi connectivity index (χ3v) is 13.5. The van der Waals surface area contributed by atoms with E-state index >= 15 is 0 Å². The maximum Gasteiger partial charge on any atom is 0.284 e. The van der Waals surface area contributed by atoms with Crippen LogP contribution in [0.4, 0.5) is 11.4 Å². The van der Waals surface area contributed by atoms with E-state index in [1.807, 2.05) is 36.2 Å². The van der Waals surface area contributed by atoms with Crippen LogP contribution in [0.3, 0.4) is 0 Å². The zero-order valence-electron chi connectivity index (χ0n) is 23.0. The first kappa shape index (κ1) is 30.3. The number of sulfonamides is 1. The van der Waals surface area contributed by atoms with Crippen LogP contribution in [0.25, 0.3) is 0 Å². The van der Waals surface area contributed by atoms with Crippen LogP contribution in [0.2, 0.25) is 0 Å². The molecule has 0 fully saturated rings. The molecule has 1 aliphatic heterocycles. The number of hydrogen-bond acceptors (Lipinski definition) is 7. The molecular formula is C29H26Br2N3O6PS. The van der Waals surface area contributed by atoms with E-state index < -0.39 is 27.6 Å². The van der Waals surface area contributed by atoms with Crippen LogP contribution in [0.5, 0.6) is 5.75 Å². The topological polar surface area (TPSA) is 115 Å². The molecule has 2 heterocycles. The molecule has 1 aliphatic rings. The number of benzene rings is 3. The van der Waals surface area contributed by atoms with Crippen molar-refractivity contribution in [2.24, 2.45) is 4.15 Å². The van der Waals surface area contributed by atoms with Crippen molar-refractivity contribution in [3.63, 3.8) is 0 Å². The Morgan fingerprint density at radius 2 is 1.71 bits per heavy atom. The second-order valence-corrected chi connectivity index (χ2v) is 16.1. The molecule has 0 aliphatic carbocycles. The zero-order chi connectivity index (χ0) is 30.4. The van der Waals surface area contributed by atoms with Gasteiger partial charge >= 0.3 is 0 Å². The first-order valence-corrected chi connectivity index (χ1v) is 17.4. The van der Waals surface area contributed by atoms with Gasteiger partial charge < -0.3 is 13.8 Å². The molecule has 0 spiro atoms. The molecule has 1 atom stereocenters. The number of non-ortho nitro benzene ring substituents is 1. The molecule has 0 amide bonds. The van der Waals surface area contributed by atoms with Crippen LogP contribution in [-0.4, -0.2) is 20.4 Å². The minimum atomic E-state index is -4.42. The molecule has 0 radical (unpaired) electrons. The van der Waals surface area contributed by atoms with Gasteiger partial charge in [-0.3, -0.25) is 10.1 Å². The number of para-hydroxylation sites is 1. The van der Waals surface area contributed by atoms with Crippen LogP contribution in [0.15, 0.2) is 113 Å². The van der Waals surface area contributed by atoms with Crippen molar-refractivity contribution in [2.75, 3.05) is 11.9 Å². The summed E-state index contributed by atoms with van der Waals surface area (Å²) in [6.45, 7) is 5.88. The number of likely N-dealkylation sites (N-methyl/N-ethyl adjacent to an activating group) is 1. The van der Waals surface area contributed by atoms with E-state index in [0.717, 1.165) is 33.6 Å². The van der Waals surface area contributed by atoms with E-state index in [9.17, 15) is 18.5 Å². The number of aryl methyl sites for hydroxylation is 1. The number of nitro groups is 1. The Hall–Kier alpha value is -3.18. The second kappa shape index (κ2) is 11.1. The van der Waals surface area contributed by atoms with E-state index in [-0.39, 0.29) is 16.1 Å². The summed E-state index contributed by atoms with van der Waals surface area (Å²) in [6, 6.07) is 21.2. The fourth-order valence-corrected chi connectivity index (χ4v) is 10.3. The summed E-state index contributed by atoms with van der Waals surface area (Å²) in [7, 11) is -6.20. The maximum absolute atomic E-state index is 14.0. The number of hydrogen-bond donors (Lipinski definition) is 0. The molecule has 1 aromatic heterocycles. The van der Waals surface area contributed by atoms with Gasteiger partial charge in [0, 0.05) is 50.7 Å². The molecule has 5 rings (SSSR count). The summed E-state index contributed by atoms with van der Waals surface area (Å²) in [5, 5.41) is 11.2. The summed E-state index contributed by atoms with van der Waals surface area (Å²) in [5.74, 6) is 2.70. The summed E-state index contributed by atoms with van der Waals surface area (Å²) in [5.41, 5.74) is 2.31. The van der Waals surface area contributed by atoms with E-state index in [0.29, 0.717) is 16.0 Å². The Balaban J connectivity index is 1.83. The second-order valence-electron chi connectivity index (χ2n) is 10.2. The number of anilines is 1. The van der Waals surface area contributed by atoms with Gasteiger partial charge in [-0.05, 0) is 92.9 Å². The molecule has 0 saturated carbocycles. The molecule has 3 aromatic carbocycles. The zero-order valence-corrected chi connectivity index (χ0v) is 27.9. The average molecular weight is 735 g/mol. The number of halogens is 2. The molecule has 0 bridgehead atoms. The van der Waals surface area contributed by atoms with Crippen LogP contribution in [-0.2, 0) is 15.4 Å². The third-order valence-electron chi connectivity index (χ3n) is 6.99. The summed E-state index contributed by atoms with van der Waals surface area (Å²) in [4.78, 5) is 12.4. The van der Waals surface area contributed by atoms with Gasteiger partial charge in [-0.15, -0.1) is 4.15 Å². The highest BCUT2D eigenvalue weighted by atomic mass is 79.9. The number of rotatable bonds is 7. The molecule has 0 unspecified atom stereocenters. The summed E-state index contributed by atoms with van der Waals surface area (Å²) >= 11 is 6.97. The fraction of sp³-hybridized carbons (Fsp3) is 0.172. The standard InChI is InChI=1S/C29H26Br2N3O6PS/c1-19-9-16-28(39-19)41(40-21-12-15-24(30)25(31)17-21,32-42(37,38)22-13-10-20(11-14-22)34(35)36)18-27-29(2,3)23-7-5-6-8-26(23)33(27)4/h5-18H,1-4H3/b27-18-/t41-/m1/s1. The van der Waals surface area contributed by atoms with E-state index in [2.05, 4.69) is 49.9 Å². The first-order chi connectivity index (χ1) is 19.7. The van der Waals surface area contributed by atoms with Gasteiger partial charge in [0.25, 0.3) is 15.7 Å². The van der Waals surface area contributed by atoms with Gasteiger partial charge in [0.05, 0.1) is 9.82 Å². The molecular weight excluding hydrogens is 709 g/mol. The average Bonchev–Trinajstić information content (AvgIpc) is 3.46. The lowest BCUT2D eigenvalue weighted by Crippen LogP contribution is -2.24. The SMILES string of the molecule is Cc1ccc([P@](/C=C2\N(C)c3ccccc3C2(C)C)(=NS(=O)(=O)c2ccc([N+](=O)[O-])cc2)Oc2ccc(Br)c(Br)c2)o1. The minimum absolute atomic E-state index is 0.206. The number of furan rings is 1. The van der Waals surface area contributed by atoms with Crippen molar-refractivity contribution in [3.05, 3.63) is 121 Å². The van der Waals surface area contributed by atoms with Crippen molar-refractivity contribution < 1.29 is 22.3 Å². The number of allylic oxidation sites excluding steroid dienone is 1. The van der Waals surface area contributed by atoms with Crippen LogP contribution < -0.4 is 14.9 Å². The predicted octanol–water partition coefficient (Wildman–Crippen LogP) is 8.50. The highest BCUT2D eigenvalue weighted by Gasteiger charge is 2.42. The highest BCUT2D eigenvalue weighted by molar-refractivity contribution is 9.13. The molecule has 42 heavy (non-hydrogen) atoms. The number of nitrogens with zero attached hydrogens (tertiary/aromatic N) is 3. The maximum atomic E-state index is 14.0. The van der Waals surface area contributed by atoms with Crippen molar-refractivity contribution in [2.45, 2.75) is 31.1 Å². The Morgan fingerprint density at radius 3 is 2.31 bits per heavy atom. The Kier molecular flexibility index (Phi) is 8.04. The van der Waals surface area contributed by atoms with Gasteiger partial charge in [-0.2, -0.15) is 8.42 Å². The Morgan fingerprint density at radius 1 is 1.02 bits per heavy atom. The predicted molar refractivity (Wildman–Crippen MR) is 171 cm³/mol. The summed E-state index contributed by atoms with van der Waals surface area (Å²) < 4.78 is 46.7. The van der Waals surface area contributed by atoms with E-state index in [4.69, 9.17) is 8.94 Å². The number of nitro benzene ring substituents is 1.